The van der Waals surface area contributed by atoms with Crippen LogP contribution in [0.25, 0.3) is 0 Å². The van der Waals surface area contributed by atoms with Crippen molar-refractivity contribution in [1.29, 1.82) is 0 Å². The van der Waals surface area contributed by atoms with Crippen LogP contribution in [-0.4, -0.2) is 39.6 Å². The molecule has 0 aliphatic carbocycles. The maximum Gasteiger partial charge on any atom is 0.344 e. The molecule has 1 aromatic rings. The summed E-state index contributed by atoms with van der Waals surface area (Å²) in [7, 11) is -3.17. The van der Waals surface area contributed by atoms with Gasteiger partial charge in [0, 0.05) is 11.9 Å². The maximum absolute atomic E-state index is 11.9. The third kappa shape index (κ3) is 4.78. The van der Waals surface area contributed by atoms with Crippen molar-refractivity contribution in [3.8, 4) is 5.75 Å². The standard InChI is InChI=1S/C12H17NO5S/c1-3-17-10-6-4-5-9(13)11(10)12(14)18-7-8-19(2,15)16/h4-6H,3,7-8,13H2,1-2H3. The first-order valence-electron chi connectivity index (χ1n) is 5.71. The van der Waals surface area contributed by atoms with Crippen LogP contribution < -0.4 is 10.5 Å². The normalized spacial score (nSPS) is 11.1. The number of rotatable bonds is 6. The van der Waals surface area contributed by atoms with Crippen LogP contribution in [0.1, 0.15) is 17.3 Å². The van der Waals surface area contributed by atoms with Crippen molar-refractivity contribution in [2.75, 3.05) is 31.0 Å². The second-order valence-electron chi connectivity index (χ2n) is 3.92. The SMILES string of the molecule is CCOc1cccc(N)c1C(=O)OCCS(C)(=O)=O. The minimum atomic E-state index is -3.17. The number of benzene rings is 1. The minimum Gasteiger partial charge on any atom is -0.493 e. The topological polar surface area (TPSA) is 95.7 Å². The molecule has 6 nitrogen and oxygen atoms in total. The fourth-order valence-corrected chi connectivity index (χ4v) is 1.79. The Morgan fingerprint density at radius 2 is 2.05 bits per heavy atom. The Labute approximate surface area is 112 Å². The Morgan fingerprint density at radius 3 is 2.63 bits per heavy atom. The van der Waals surface area contributed by atoms with Crippen LogP contribution in [0.2, 0.25) is 0 Å². The molecule has 0 radical (unpaired) electrons. The number of hydrogen-bond donors (Lipinski definition) is 1. The Morgan fingerprint density at radius 1 is 1.37 bits per heavy atom. The number of anilines is 1. The van der Waals surface area contributed by atoms with Gasteiger partial charge in [-0.1, -0.05) is 6.07 Å². The van der Waals surface area contributed by atoms with E-state index in [-0.39, 0.29) is 23.6 Å². The summed E-state index contributed by atoms with van der Waals surface area (Å²) < 4.78 is 32.1. The summed E-state index contributed by atoms with van der Waals surface area (Å²) in [6, 6.07) is 4.82. The Kier molecular flexibility index (Phi) is 5.17. The van der Waals surface area contributed by atoms with Crippen molar-refractivity contribution in [3.63, 3.8) is 0 Å². The van der Waals surface area contributed by atoms with Crippen LogP contribution in [0, 0.1) is 0 Å². The van der Waals surface area contributed by atoms with Gasteiger partial charge in [-0.3, -0.25) is 0 Å². The summed E-state index contributed by atoms with van der Waals surface area (Å²) in [4.78, 5) is 11.9. The summed E-state index contributed by atoms with van der Waals surface area (Å²) >= 11 is 0. The first kappa shape index (κ1) is 15.3. The lowest BCUT2D eigenvalue weighted by Crippen LogP contribution is -2.16. The second-order valence-corrected chi connectivity index (χ2v) is 6.18. The van der Waals surface area contributed by atoms with Gasteiger partial charge in [-0.05, 0) is 19.1 Å². The van der Waals surface area contributed by atoms with Crippen molar-refractivity contribution >= 4 is 21.5 Å². The molecule has 106 valence electrons. The van der Waals surface area contributed by atoms with Crippen LogP contribution in [-0.2, 0) is 14.6 Å². The van der Waals surface area contributed by atoms with Gasteiger partial charge in [-0.25, -0.2) is 13.2 Å². The van der Waals surface area contributed by atoms with Gasteiger partial charge in [0.05, 0.1) is 12.4 Å². The number of esters is 1. The molecule has 0 fully saturated rings. The Hall–Kier alpha value is -1.76. The summed E-state index contributed by atoms with van der Waals surface area (Å²) in [5.41, 5.74) is 6.07. The molecule has 0 unspecified atom stereocenters. The predicted octanol–water partition coefficient (Wildman–Crippen LogP) is 0.869. The molecule has 0 saturated carbocycles. The summed E-state index contributed by atoms with van der Waals surface area (Å²) in [6.45, 7) is 1.95. The molecule has 0 aliphatic heterocycles. The number of ether oxygens (including phenoxy) is 2. The highest BCUT2D eigenvalue weighted by Crippen LogP contribution is 2.25. The molecule has 19 heavy (non-hydrogen) atoms. The van der Waals surface area contributed by atoms with Crippen LogP contribution >= 0.6 is 0 Å². The van der Waals surface area contributed by atoms with Crippen molar-refractivity contribution in [3.05, 3.63) is 23.8 Å². The largest absolute Gasteiger partial charge is 0.493 e. The second kappa shape index (κ2) is 6.42. The van der Waals surface area contributed by atoms with Crippen LogP contribution in [0.4, 0.5) is 5.69 Å². The smallest absolute Gasteiger partial charge is 0.344 e. The molecule has 0 aromatic heterocycles. The van der Waals surface area contributed by atoms with Crippen molar-refractivity contribution in [2.45, 2.75) is 6.92 Å². The third-order valence-corrected chi connectivity index (χ3v) is 3.16. The van der Waals surface area contributed by atoms with Gasteiger partial charge >= 0.3 is 5.97 Å². The van der Waals surface area contributed by atoms with E-state index in [1.54, 1.807) is 25.1 Å². The first-order valence-corrected chi connectivity index (χ1v) is 7.77. The zero-order chi connectivity index (χ0) is 14.5. The zero-order valence-corrected chi connectivity index (χ0v) is 11.7. The summed E-state index contributed by atoms with van der Waals surface area (Å²) in [5, 5.41) is 0. The Balaban J connectivity index is 2.81. The van der Waals surface area contributed by atoms with Crippen LogP contribution in [0.3, 0.4) is 0 Å². The lowest BCUT2D eigenvalue weighted by molar-refractivity contribution is 0.0526. The van der Waals surface area contributed by atoms with Crippen molar-refractivity contribution in [2.24, 2.45) is 0 Å². The number of sulfone groups is 1. The monoisotopic (exact) mass is 287 g/mol. The zero-order valence-electron chi connectivity index (χ0n) is 10.9. The highest BCUT2D eigenvalue weighted by Gasteiger charge is 2.18. The van der Waals surface area contributed by atoms with E-state index in [0.29, 0.717) is 12.4 Å². The number of carbonyl (C=O) groups excluding carboxylic acids is 1. The Bertz CT molecular complexity index is 553. The van der Waals surface area contributed by atoms with Gasteiger partial charge in [0.25, 0.3) is 0 Å². The predicted molar refractivity (Wildman–Crippen MR) is 72.0 cm³/mol. The first-order chi connectivity index (χ1) is 8.85. The summed E-state index contributed by atoms with van der Waals surface area (Å²) in [6.07, 6.45) is 1.07. The molecule has 0 spiro atoms. The number of carbonyl (C=O) groups is 1. The molecular weight excluding hydrogens is 270 g/mol. The average Bonchev–Trinajstić information content (AvgIpc) is 2.27. The van der Waals surface area contributed by atoms with E-state index in [1.807, 2.05) is 0 Å². The number of nitrogens with two attached hydrogens (primary N) is 1. The van der Waals surface area contributed by atoms with E-state index in [0.717, 1.165) is 6.26 Å². The van der Waals surface area contributed by atoms with E-state index < -0.39 is 15.8 Å². The average molecular weight is 287 g/mol. The molecule has 0 heterocycles. The quantitative estimate of drug-likeness (QED) is 0.616. The molecule has 0 aliphatic rings. The van der Waals surface area contributed by atoms with Gasteiger partial charge in [0.15, 0.2) is 9.84 Å². The third-order valence-electron chi connectivity index (χ3n) is 2.25. The van der Waals surface area contributed by atoms with Crippen LogP contribution in [0.15, 0.2) is 18.2 Å². The molecule has 0 bridgehead atoms. The fourth-order valence-electron chi connectivity index (χ4n) is 1.40. The van der Waals surface area contributed by atoms with Crippen LogP contribution in [0.5, 0.6) is 5.75 Å². The molecule has 1 rings (SSSR count). The number of nitrogen functional groups attached to an aromatic ring is 1. The van der Waals surface area contributed by atoms with E-state index in [2.05, 4.69) is 0 Å². The molecule has 1 aromatic carbocycles. The molecule has 0 atom stereocenters. The lowest BCUT2D eigenvalue weighted by atomic mass is 10.1. The van der Waals surface area contributed by atoms with Gasteiger partial charge in [0.2, 0.25) is 0 Å². The molecule has 2 N–H and O–H groups in total. The fraction of sp³-hybridized carbons (Fsp3) is 0.417. The highest BCUT2D eigenvalue weighted by molar-refractivity contribution is 7.90. The van der Waals surface area contributed by atoms with Gasteiger partial charge < -0.3 is 15.2 Å². The van der Waals surface area contributed by atoms with Gasteiger partial charge in [-0.15, -0.1) is 0 Å². The van der Waals surface area contributed by atoms with Gasteiger partial charge in [-0.2, -0.15) is 0 Å². The van der Waals surface area contributed by atoms with E-state index >= 15 is 0 Å². The lowest BCUT2D eigenvalue weighted by Gasteiger charge is -2.11. The summed E-state index contributed by atoms with van der Waals surface area (Å²) in [5.74, 6) is -0.591. The molecular formula is C12H17NO5S. The van der Waals surface area contributed by atoms with E-state index in [9.17, 15) is 13.2 Å². The van der Waals surface area contributed by atoms with E-state index in [4.69, 9.17) is 15.2 Å². The molecule has 0 saturated heterocycles. The molecule has 0 amide bonds. The van der Waals surface area contributed by atoms with Crippen molar-refractivity contribution in [1.82, 2.24) is 0 Å². The van der Waals surface area contributed by atoms with E-state index in [1.165, 1.54) is 0 Å². The van der Waals surface area contributed by atoms with Gasteiger partial charge in [0.1, 0.15) is 17.9 Å². The highest BCUT2D eigenvalue weighted by atomic mass is 32.2. The number of hydrogen-bond acceptors (Lipinski definition) is 6. The van der Waals surface area contributed by atoms with Crippen molar-refractivity contribution < 1.29 is 22.7 Å². The minimum absolute atomic E-state index is 0.123. The maximum atomic E-state index is 11.9. The molecule has 7 heteroatoms.